The SMILES string of the molecule is CC(C)(C)c1ccc(C(=O)Nc2cncc(F)c2)cc1. The summed E-state index contributed by atoms with van der Waals surface area (Å²) in [6, 6.07) is 8.62. The van der Waals surface area contributed by atoms with Gasteiger partial charge in [-0.3, -0.25) is 9.78 Å². The van der Waals surface area contributed by atoms with Crippen molar-refractivity contribution in [2.24, 2.45) is 0 Å². The quantitative estimate of drug-likeness (QED) is 0.904. The van der Waals surface area contributed by atoms with Crippen molar-refractivity contribution in [3.8, 4) is 0 Å². The summed E-state index contributed by atoms with van der Waals surface area (Å²) in [5.41, 5.74) is 2.07. The molecule has 104 valence electrons. The maximum atomic E-state index is 13.0. The van der Waals surface area contributed by atoms with E-state index in [9.17, 15) is 9.18 Å². The molecule has 0 aliphatic carbocycles. The molecule has 2 rings (SSSR count). The first-order chi connectivity index (χ1) is 9.36. The third-order valence-electron chi connectivity index (χ3n) is 2.98. The predicted molar refractivity (Wildman–Crippen MR) is 77.3 cm³/mol. The van der Waals surface area contributed by atoms with Gasteiger partial charge in [0.15, 0.2) is 0 Å². The van der Waals surface area contributed by atoms with E-state index < -0.39 is 5.82 Å². The summed E-state index contributed by atoms with van der Waals surface area (Å²) >= 11 is 0. The fraction of sp³-hybridized carbons (Fsp3) is 0.250. The molecule has 4 heteroatoms. The van der Waals surface area contributed by atoms with Gasteiger partial charge in [-0.25, -0.2) is 4.39 Å². The van der Waals surface area contributed by atoms with Gasteiger partial charge in [0, 0.05) is 11.6 Å². The van der Waals surface area contributed by atoms with Gasteiger partial charge in [0.25, 0.3) is 5.91 Å². The molecule has 1 amide bonds. The first kappa shape index (κ1) is 14.2. The number of amides is 1. The molecule has 20 heavy (non-hydrogen) atoms. The highest BCUT2D eigenvalue weighted by atomic mass is 19.1. The number of rotatable bonds is 2. The summed E-state index contributed by atoms with van der Waals surface area (Å²) in [5.74, 6) is -0.760. The largest absolute Gasteiger partial charge is 0.320 e. The van der Waals surface area contributed by atoms with Gasteiger partial charge in [-0.1, -0.05) is 32.9 Å². The minimum atomic E-state index is -0.481. The summed E-state index contributed by atoms with van der Waals surface area (Å²) < 4.78 is 13.0. The number of carbonyl (C=O) groups is 1. The molecule has 0 saturated carbocycles. The van der Waals surface area contributed by atoms with Crippen LogP contribution >= 0.6 is 0 Å². The number of benzene rings is 1. The number of aromatic nitrogens is 1. The molecule has 0 spiro atoms. The van der Waals surface area contributed by atoms with Gasteiger partial charge in [-0.15, -0.1) is 0 Å². The van der Waals surface area contributed by atoms with Gasteiger partial charge in [-0.2, -0.15) is 0 Å². The lowest BCUT2D eigenvalue weighted by Crippen LogP contribution is -2.14. The summed E-state index contributed by atoms with van der Waals surface area (Å²) in [5, 5.41) is 2.62. The van der Waals surface area contributed by atoms with E-state index in [2.05, 4.69) is 31.1 Å². The van der Waals surface area contributed by atoms with Crippen molar-refractivity contribution in [2.45, 2.75) is 26.2 Å². The molecule has 0 unspecified atom stereocenters. The number of carbonyl (C=O) groups excluding carboxylic acids is 1. The molecule has 3 nitrogen and oxygen atoms in total. The van der Waals surface area contributed by atoms with Gasteiger partial charge in [0.1, 0.15) is 5.82 Å². The highest BCUT2D eigenvalue weighted by molar-refractivity contribution is 6.04. The van der Waals surface area contributed by atoms with Crippen LogP contribution in [0.2, 0.25) is 0 Å². The van der Waals surface area contributed by atoms with Crippen molar-refractivity contribution in [2.75, 3.05) is 5.32 Å². The fourth-order valence-electron chi connectivity index (χ4n) is 1.81. The van der Waals surface area contributed by atoms with Crippen molar-refractivity contribution >= 4 is 11.6 Å². The number of nitrogens with zero attached hydrogens (tertiary/aromatic N) is 1. The van der Waals surface area contributed by atoms with Crippen molar-refractivity contribution < 1.29 is 9.18 Å². The van der Waals surface area contributed by atoms with E-state index in [1.807, 2.05) is 12.1 Å². The Morgan fingerprint density at radius 3 is 2.35 bits per heavy atom. The molecule has 0 aliphatic rings. The van der Waals surface area contributed by atoms with Crippen LogP contribution in [0.4, 0.5) is 10.1 Å². The zero-order chi connectivity index (χ0) is 14.8. The average molecular weight is 272 g/mol. The Morgan fingerprint density at radius 2 is 1.80 bits per heavy atom. The number of nitrogens with one attached hydrogen (secondary N) is 1. The van der Waals surface area contributed by atoms with Crippen LogP contribution in [0, 0.1) is 5.82 Å². The fourth-order valence-corrected chi connectivity index (χ4v) is 1.81. The van der Waals surface area contributed by atoms with Crippen LogP contribution < -0.4 is 5.32 Å². The monoisotopic (exact) mass is 272 g/mol. The lowest BCUT2D eigenvalue weighted by atomic mass is 9.87. The molecular weight excluding hydrogens is 255 g/mol. The molecule has 0 bridgehead atoms. The van der Waals surface area contributed by atoms with Crippen molar-refractivity contribution in [3.05, 3.63) is 59.7 Å². The van der Waals surface area contributed by atoms with E-state index in [0.717, 1.165) is 11.8 Å². The third kappa shape index (κ3) is 3.41. The molecule has 1 aromatic carbocycles. The van der Waals surface area contributed by atoms with Crippen LogP contribution in [0.15, 0.2) is 42.7 Å². The normalized spacial score (nSPS) is 11.2. The minimum absolute atomic E-state index is 0.0431. The highest BCUT2D eigenvalue weighted by Gasteiger charge is 2.14. The lowest BCUT2D eigenvalue weighted by Gasteiger charge is -2.19. The van der Waals surface area contributed by atoms with Crippen LogP contribution in [0.5, 0.6) is 0 Å². The Labute approximate surface area is 117 Å². The summed E-state index contributed by atoms with van der Waals surface area (Å²) in [6.07, 6.45) is 2.50. The topological polar surface area (TPSA) is 42.0 Å². The van der Waals surface area contributed by atoms with Gasteiger partial charge in [0.05, 0.1) is 18.1 Å². The molecule has 0 atom stereocenters. The number of anilines is 1. The molecule has 1 heterocycles. The van der Waals surface area contributed by atoms with Crippen LogP contribution in [0.25, 0.3) is 0 Å². The standard InChI is InChI=1S/C16H17FN2O/c1-16(2,3)12-6-4-11(5-7-12)15(20)19-14-8-13(17)9-18-10-14/h4-10H,1-3H3,(H,19,20). The number of halogens is 1. The molecular formula is C16H17FN2O. The molecule has 1 N–H and O–H groups in total. The molecule has 0 radical (unpaired) electrons. The smallest absolute Gasteiger partial charge is 0.255 e. The summed E-state index contributed by atoms with van der Waals surface area (Å²) in [6.45, 7) is 6.33. The van der Waals surface area contributed by atoms with Crippen molar-refractivity contribution in [1.29, 1.82) is 0 Å². The number of pyridine rings is 1. The second-order valence-corrected chi connectivity index (χ2v) is 5.67. The van der Waals surface area contributed by atoms with Crippen molar-refractivity contribution in [3.63, 3.8) is 0 Å². The Kier molecular flexibility index (Phi) is 3.84. The van der Waals surface area contributed by atoms with Gasteiger partial charge < -0.3 is 5.32 Å². The van der Waals surface area contributed by atoms with E-state index in [0.29, 0.717) is 11.3 Å². The Bertz CT molecular complexity index is 615. The van der Waals surface area contributed by atoms with E-state index in [4.69, 9.17) is 0 Å². The summed E-state index contributed by atoms with van der Waals surface area (Å²) in [7, 11) is 0. The van der Waals surface area contributed by atoms with E-state index in [-0.39, 0.29) is 11.3 Å². The van der Waals surface area contributed by atoms with Gasteiger partial charge >= 0.3 is 0 Å². The molecule has 1 aromatic heterocycles. The average Bonchev–Trinajstić information content (AvgIpc) is 2.38. The minimum Gasteiger partial charge on any atom is -0.320 e. The number of hydrogen-bond donors (Lipinski definition) is 1. The number of hydrogen-bond acceptors (Lipinski definition) is 2. The first-order valence-electron chi connectivity index (χ1n) is 6.39. The second-order valence-electron chi connectivity index (χ2n) is 5.67. The highest BCUT2D eigenvalue weighted by Crippen LogP contribution is 2.22. The van der Waals surface area contributed by atoms with E-state index in [1.165, 1.54) is 12.3 Å². The zero-order valence-corrected chi connectivity index (χ0v) is 11.8. The molecule has 2 aromatic rings. The van der Waals surface area contributed by atoms with Crippen LogP contribution in [-0.2, 0) is 5.41 Å². The second kappa shape index (κ2) is 5.41. The van der Waals surface area contributed by atoms with Crippen molar-refractivity contribution in [1.82, 2.24) is 4.98 Å². The Hall–Kier alpha value is -2.23. The Morgan fingerprint density at radius 1 is 1.15 bits per heavy atom. The van der Waals surface area contributed by atoms with Gasteiger partial charge in [-0.05, 0) is 23.1 Å². The van der Waals surface area contributed by atoms with Crippen LogP contribution in [0.1, 0.15) is 36.7 Å². The van der Waals surface area contributed by atoms with Gasteiger partial charge in [0.2, 0.25) is 0 Å². The maximum absolute atomic E-state index is 13.0. The van der Waals surface area contributed by atoms with Crippen LogP contribution in [-0.4, -0.2) is 10.9 Å². The van der Waals surface area contributed by atoms with E-state index >= 15 is 0 Å². The van der Waals surface area contributed by atoms with E-state index in [1.54, 1.807) is 12.1 Å². The molecule has 0 fully saturated rings. The molecule has 0 aliphatic heterocycles. The third-order valence-corrected chi connectivity index (χ3v) is 2.98. The zero-order valence-electron chi connectivity index (χ0n) is 11.8. The lowest BCUT2D eigenvalue weighted by molar-refractivity contribution is 0.102. The summed E-state index contributed by atoms with van der Waals surface area (Å²) in [4.78, 5) is 15.7. The predicted octanol–water partition coefficient (Wildman–Crippen LogP) is 3.77. The van der Waals surface area contributed by atoms with Crippen LogP contribution in [0.3, 0.4) is 0 Å². The maximum Gasteiger partial charge on any atom is 0.255 e. The Balaban J connectivity index is 2.14. The molecule has 0 saturated heterocycles. The first-order valence-corrected chi connectivity index (χ1v) is 6.39.